The van der Waals surface area contributed by atoms with Crippen molar-refractivity contribution in [1.29, 1.82) is 5.26 Å². The molecule has 5 nitrogen and oxygen atoms in total. The highest BCUT2D eigenvalue weighted by atomic mass is 32.2. The van der Waals surface area contributed by atoms with E-state index in [-0.39, 0.29) is 12.2 Å². The summed E-state index contributed by atoms with van der Waals surface area (Å²) in [7, 11) is 1.61. The van der Waals surface area contributed by atoms with Crippen LogP contribution >= 0.6 is 12.0 Å². The molecule has 2 aliphatic rings. The minimum Gasteiger partial charge on any atom is -0.462 e. The number of anilines is 2. The van der Waals surface area contributed by atoms with Crippen LogP contribution in [0.25, 0.3) is 17.7 Å². The van der Waals surface area contributed by atoms with E-state index in [2.05, 4.69) is 110 Å². The van der Waals surface area contributed by atoms with Crippen LogP contribution in [0.15, 0.2) is 109 Å². The fraction of sp³-hybridized carbons (Fsp3) is 0.302. The van der Waals surface area contributed by atoms with Gasteiger partial charge in [0.25, 0.3) is 0 Å². The summed E-state index contributed by atoms with van der Waals surface area (Å²) >= 11 is 1.32. The van der Waals surface area contributed by atoms with Crippen LogP contribution < -0.4 is 4.90 Å². The van der Waals surface area contributed by atoms with Crippen molar-refractivity contribution in [3.63, 3.8) is 0 Å². The Morgan fingerprint density at radius 3 is 2.14 bits per heavy atom. The first-order chi connectivity index (χ1) is 24.1. The monoisotopic (exact) mass is 670 g/mol. The zero-order valence-corrected chi connectivity index (χ0v) is 29.6. The molecule has 0 radical (unpaired) electrons. The molecule has 0 aromatic heterocycles. The van der Waals surface area contributed by atoms with E-state index < -0.39 is 5.97 Å². The Labute approximate surface area is 296 Å². The van der Waals surface area contributed by atoms with E-state index in [9.17, 15) is 10.1 Å². The number of nitrogens with zero attached hydrogens (tertiary/aromatic N) is 2. The lowest BCUT2D eigenvalue weighted by Crippen LogP contribution is -2.26. The number of hydrogen-bond donors (Lipinski definition) is 0. The molecule has 6 rings (SSSR count). The lowest BCUT2D eigenvalue weighted by molar-refractivity contribution is -0.138. The van der Waals surface area contributed by atoms with Crippen LogP contribution in [-0.2, 0) is 13.7 Å². The van der Waals surface area contributed by atoms with Crippen molar-refractivity contribution in [2.24, 2.45) is 0 Å². The molecular formula is C43H46N2O3S. The fourth-order valence-electron chi connectivity index (χ4n) is 6.51. The second-order valence-corrected chi connectivity index (χ2v) is 13.3. The van der Waals surface area contributed by atoms with Gasteiger partial charge in [0.1, 0.15) is 11.6 Å². The van der Waals surface area contributed by atoms with Crippen molar-refractivity contribution in [2.75, 3.05) is 24.4 Å². The highest BCUT2D eigenvalue weighted by Gasteiger charge is 2.42. The number of nitriles is 1. The number of esters is 1. The number of hydrogen-bond acceptors (Lipinski definition) is 6. The molecule has 0 amide bonds. The summed E-state index contributed by atoms with van der Waals surface area (Å²) in [6, 6.07) is 38.6. The molecule has 2 unspecified atom stereocenters. The van der Waals surface area contributed by atoms with Gasteiger partial charge in [-0.25, -0.2) is 4.79 Å². The molecule has 49 heavy (non-hydrogen) atoms. The minimum absolute atomic E-state index is 0.0150. The molecule has 252 valence electrons. The first-order valence-corrected chi connectivity index (χ1v) is 18.3. The molecular weight excluding hydrogens is 625 g/mol. The molecule has 4 aromatic rings. The van der Waals surface area contributed by atoms with Crippen LogP contribution in [-0.4, -0.2) is 31.5 Å². The van der Waals surface area contributed by atoms with E-state index in [4.69, 9.17) is 8.92 Å². The van der Waals surface area contributed by atoms with Gasteiger partial charge in [-0.05, 0) is 101 Å². The Morgan fingerprint density at radius 1 is 0.878 bits per heavy atom. The summed E-state index contributed by atoms with van der Waals surface area (Å²) in [5.41, 5.74) is 9.25. The van der Waals surface area contributed by atoms with Gasteiger partial charge < -0.3 is 13.8 Å². The smallest absolute Gasteiger partial charge is 0.348 e. The van der Waals surface area contributed by atoms with E-state index in [0.717, 1.165) is 29.7 Å². The third kappa shape index (κ3) is 9.12. The Hall–Kier alpha value is -4.57. The maximum atomic E-state index is 12.6. The number of carbonyl (C=O) groups excluding carboxylic acids is 1. The molecule has 1 fully saturated rings. The summed E-state index contributed by atoms with van der Waals surface area (Å²) in [4.78, 5) is 15.0. The van der Waals surface area contributed by atoms with Crippen LogP contribution in [0.1, 0.15) is 86.1 Å². The largest absolute Gasteiger partial charge is 0.462 e. The van der Waals surface area contributed by atoms with Crippen LogP contribution in [0.5, 0.6) is 0 Å². The molecule has 1 heterocycles. The fourth-order valence-corrected chi connectivity index (χ4v) is 6.92. The predicted octanol–water partition coefficient (Wildman–Crippen LogP) is 11.0. The quantitative estimate of drug-likeness (QED) is 0.0373. The van der Waals surface area contributed by atoms with Gasteiger partial charge in [0.2, 0.25) is 0 Å². The van der Waals surface area contributed by atoms with Crippen molar-refractivity contribution in [3.8, 4) is 6.07 Å². The van der Waals surface area contributed by atoms with Gasteiger partial charge in [0.15, 0.2) is 0 Å². The van der Waals surface area contributed by atoms with E-state index in [1.54, 1.807) is 13.2 Å². The molecule has 4 aromatic carbocycles. The van der Waals surface area contributed by atoms with Crippen LogP contribution in [0.2, 0.25) is 0 Å². The van der Waals surface area contributed by atoms with Crippen molar-refractivity contribution >= 4 is 47.1 Å². The second kappa shape index (κ2) is 18.3. The van der Waals surface area contributed by atoms with Crippen LogP contribution in [0.3, 0.4) is 0 Å². The third-order valence-electron chi connectivity index (χ3n) is 9.05. The van der Waals surface area contributed by atoms with E-state index in [1.807, 2.05) is 24.3 Å². The topological polar surface area (TPSA) is 62.6 Å². The normalized spacial score (nSPS) is 16.1. The van der Waals surface area contributed by atoms with Gasteiger partial charge in [-0.2, -0.15) is 5.26 Å². The van der Waals surface area contributed by atoms with Gasteiger partial charge in [-0.15, -0.1) is 0 Å². The van der Waals surface area contributed by atoms with Gasteiger partial charge in [0.05, 0.1) is 13.7 Å². The molecule has 0 bridgehead atoms. The third-order valence-corrected chi connectivity index (χ3v) is 9.74. The van der Waals surface area contributed by atoms with Crippen LogP contribution in [0, 0.1) is 11.3 Å². The summed E-state index contributed by atoms with van der Waals surface area (Å²) in [6.45, 7) is 4.62. The lowest BCUT2D eigenvalue weighted by Gasteiger charge is -2.27. The number of ether oxygens (including phenoxy) is 1. The van der Waals surface area contributed by atoms with E-state index in [0.29, 0.717) is 18.4 Å². The number of fused-ring (bicyclic) bond motifs is 3. The Morgan fingerprint density at radius 2 is 1.53 bits per heavy atom. The molecule has 6 heteroatoms. The predicted molar refractivity (Wildman–Crippen MR) is 204 cm³/mol. The summed E-state index contributed by atoms with van der Waals surface area (Å²) < 4.78 is 10.3. The minimum atomic E-state index is -0.586. The molecule has 1 aliphatic heterocycles. The molecule has 1 saturated carbocycles. The maximum Gasteiger partial charge on any atom is 0.348 e. The number of rotatable bonds is 12. The highest BCUT2D eigenvalue weighted by Crippen LogP contribution is 2.52. The van der Waals surface area contributed by atoms with Crippen molar-refractivity contribution in [2.45, 2.75) is 64.3 Å². The standard InChI is InChI=1S/C39H36N2O3S.C4H10/c1-43-45-23-9-22-44-39(42)32(27-40)24-29-18-21-38-36(26-29)34-14-8-15-37(34)41(38)33-19-16-28(17-20-33)25-35(30-10-4-2-5-11-30)31-12-6-3-7-13-31;1-3-4-2/h2-7,10-13,16-21,24-26,34,37H,8-9,14-15,22-23H2,1H3;3-4H2,1-2H3/b32-24+;. The summed E-state index contributed by atoms with van der Waals surface area (Å²) in [5.74, 6) is 0.560. The molecule has 0 N–H and O–H groups in total. The highest BCUT2D eigenvalue weighted by molar-refractivity contribution is 7.94. The molecule has 0 spiro atoms. The van der Waals surface area contributed by atoms with Gasteiger partial charge in [-0.3, -0.25) is 0 Å². The Balaban J connectivity index is 0.00000111. The van der Waals surface area contributed by atoms with Gasteiger partial charge in [0, 0.05) is 29.1 Å². The summed E-state index contributed by atoms with van der Waals surface area (Å²) in [6.07, 6.45) is 10.7. The van der Waals surface area contributed by atoms with Crippen LogP contribution in [0.4, 0.5) is 11.4 Å². The average Bonchev–Trinajstić information content (AvgIpc) is 3.75. The van der Waals surface area contributed by atoms with Gasteiger partial charge in [-0.1, -0.05) is 112 Å². The van der Waals surface area contributed by atoms with Gasteiger partial charge >= 0.3 is 5.97 Å². The number of benzene rings is 4. The number of carbonyl (C=O) groups is 1. The first kappa shape index (κ1) is 35.7. The number of unbranched alkanes of at least 4 members (excludes halogenated alkanes) is 1. The Kier molecular flexibility index (Phi) is 13.3. The SMILES string of the molecule is CCCC.COSCCCOC(=O)/C(C#N)=C/c1ccc2c(c1)C1CCCC1N2c1ccc(C=C(c2ccccc2)c2ccccc2)cc1. The van der Waals surface area contributed by atoms with E-state index in [1.165, 1.54) is 64.9 Å². The first-order valence-electron chi connectivity index (χ1n) is 17.4. The zero-order chi connectivity index (χ0) is 34.4. The van der Waals surface area contributed by atoms with Crippen molar-refractivity contribution in [3.05, 3.63) is 137 Å². The molecule has 2 atom stereocenters. The average molecular weight is 671 g/mol. The zero-order valence-electron chi connectivity index (χ0n) is 28.8. The second-order valence-electron chi connectivity index (χ2n) is 12.3. The summed E-state index contributed by atoms with van der Waals surface area (Å²) in [5, 5.41) is 9.68. The van der Waals surface area contributed by atoms with Crippen molar-refractivity contribution in [1.82, 2.24) is 0 Å². The Bertz CT molecular complexity index is 1720. The maximum absolute atomic E-state index is 12.6. The lowest BCUT2D eigenvalue weighted by atomic mass is 9.95. The molecule has 1 aliphatic carbocycles. The van der Waals surface area contributed by atoms with Crippen molar-refractivity contribution < 1.29 is 13.7 Å². The molecule has 0 saturated heterocycles. The van der Waals surface area contributed by atoms with E-state index >= 15 is 0 Å².